The van der Waals surface area contributed by atoms with Crippen LogP contribution < -0.4 is 0 Å². The Balaban J connectivity index is 2.60. The highest BCUT2D eigenvalue weighted by Crippen LogP contribution is 2.38. The first-order valence-electron chi connectivity index (χ1n) is 5.79. The number of carbonyl (C=O) groups excluding carboxylic acids is 1. The zero-order valence-corrected chi connectivity index (χ0v) is 11.5. The summed E-state index contributed by atoms with van der Waals surface area (Å²) >= 11 is 1.73. The Morgan fingerprint density at radius 2 is 1.88 bits per heavy atom. The molecule has 0 spiro atoms. The molecule has 4 heteroatoms. The molecule has 1 fully saturated rings. The van der Waals surface area contributed by atoms with Crippen LogP contribution in [-0.2, 0) is 14.3 Å². The lowest BCUT2D eigenvalue weighted by Gasteiger charge is -2.42. The SMILES string of the molecule is CS[C@@H]1OC(COC(C)=O)[C@H](C)[C@H](C)C1C. The molecule has 0 N–H and O–H groups in total. The van der Waals surface area contributed by atoms with Crippen LogP contribution in [0.15, 0.2) is 0 Å². The van der Waals surface area contributed by atoms with E-state index in [-0.39, 0.29) is 17.5 Å². The molecule has 94 valence electrons. The standard InChI is InChI=1S/C12H22O3S/c1-7-8(2)11(6-14-10(4)13)15-12(16-5)9(7)3/h7-9,11-12H,6H2,1-5H3/t7-,8+,9?,11?,12-/m0/s1. The number of rotatable bonds is 3. The number of carbonyl (C=O) groups is 1. The van der Waals surface area contributed by atoms with E-state index in [4.69, 9.17) is 9.47 Å². The minimum atomic E-state index is -0.234. The zero-order chi connectivity index (χ0) is 12.3. The minimum Gasteiger partial charge on any atom is -0.463 e. The fourth-order valence-corrected chi connectivity index (χ4v) is 3.08. The molecule has 0 bridgehead atoms. The van der Waals surface area contributed by atoms with Crippen LogP contribution in [-0.4, -0.2) is 30.4 Å². The molecule has 0 amide bonds. The van der Waals surface area contributed by atoms with E-state index >= 15 is 0 Å². The van der Waals surface area contributed by atoms with Crippen molar-refractivity contribution in [2.45, 2.75) is 39.2 Å². The molecule has 0 aromatic rings. The van der Waals surface area contributed by atoms with Gasteiger partial charge in [0.05, 0.1) is 6.10 Å². The Hall–Kier alpha value is -0.220. The van der Waals surface area contributed by atoms with Gasteiger partial charge in [-0.15, -0.1) is 11.8 Å². The van der Waals surface area contributed by atoms with Crippen LogP contribution in [0.4, 0.5) is 0 Å². The lowest BCUT2D eigenvalue weighted by atomic mass is 9.80. The molecule has 1 saturated heterocycles. The Morgan fingerprint density at radius 1 is 1.25 bits per heavy atom. The van der Waals surface area contributed by atoms with Crippen LogP contribution >= 0.6 is 11.8 Å². The van der Waals surface area contributed by atoms with E-state index in [1.807, 2.05) is 0 Å². The van der Waals surface area contributed by atoms with Crippen LogP contribution in [0.2, 0.25) is 0 Å². The highest BCUT2D eigenvalue weighted by Gasteiger charge is 2.38. The average molecular weight is 246 g/mol. The normalized spacial score (nSPS) is 39.4. The molecule has 16 heavy (non-hydrogen) atoms. The van der Waals surface area contributed by atoms with Gasteiger partial charge >= 0.3 is 5.97 Å². The fourth-order valence-electron chi connectivity index (χ4n) is 2.15. The highest BCUT2D eigenvalue weighted by molar-refractivity contribution is 7.99. The van der Waals surface area contributed by atoms with Crippen LogP contribution in [0.3, 0.4) is 0 Å². The van der Waals surface area contributed by atoms with Crippen LogP contribution in [0, 0.1) is 17.8 Å². The summed E-state index contributed by atoms with van der Waals surface area (Å²) in [6.45, 7) is 8.47. The van der Waals surface area contributed by atoms with Crippen molar-refractivity contribution in [1.82, 2.24) is 0 Å². The summed E-state index contributed by atoms with van der Waals surface area (Å²) in [5, 5.41) is 0. The topological polar surface area (TPSA) is 35.5 Å². The zero-order valence-electron chi connectivity index (χ0n) is 10.7. The summed E-state index contributed by atoms with van der Waals surface area (Å²) in [5.41, 5.74) is 0.215. The lowest BCUT2D eigenvalue weighted by Crippen LogP contribution is -2.45. The molecule has 1 aliphatic rings. The fraction of sp³-hybridized carbons (Fsp3) is 0.917. The van der Waals surface area contributed by atoms with E-state index in [9.17, 15) is 4.79 Å². The van der Waals surface area contributed by atoms with Gasteiger partial charge in [0, 0.05) is 6.92 Å². The largest absolute Gasteiger partial charge is 0.463 e. The Morgan fingerprint density at radius 3 is 2.38 bits per heavy atom. The predicted molar refractivity (Wildman–Crippen MR) is 66.3 cm³/mol. The lowest BCUT2D eigenvalue weighted by molar-refractivity contribution is -0.156. The van der Waals surface area contributed by atoms with E-state index < -0.39 is 0 Å². The molecule has 0 radical (unpaired) electrons. The van der Waals surface area contributed by atoms with Gasteiger partial charge in [0.2, 0.25) is 0 Å². The summed E-state index contributed by atoms with van der Waals surface area (Å²) in [5.74, 6) is 1.32. The molecule has 3 nitrogen and oxygen atoms in total. The van der Waals surface area contributed by atoms with E-state index in [1.54, 1.807) is 11.8 Å². The smallest absolute Gasteiger partial charge is 0.302 e. The third-order valence-corrected chi connectivity index (χ3v) is 4.67. The van der Waals surface area contributed by atoms with Gasteiger partial charge in [-0.25, -0.2) is 0 Å². The molecule has 0 saturated carbocycles. The summed E-state index contributed by atoms with van der Waals surface area (Å²) in [6.07, 6.45) is 2.10. The van der Waals surface area contributed by atoms with Gasteiger partial charge in [-0.05, 0) is 24.0 Å². The van der Waals surface area contributed by atoms with Gasteiger partial charge in [0.25, 0.3) is 0 Å². The summed E-state index contributed by atoms with van der Waals surface area (Å²) in [7, 11) is 0. The average Bonchev–Trinajstić information content (AvgIpc) is 2.25. The first-order chi connectivity index (χ1) is 7.47. The molecular formula is C12H22O3S. The minimum absolute atomic E-state index is 0.0348. The van der Waals surface area contributed by atoms with Gasteiger partial charge in [-0.1, -0.05) is 20.8 Å². The molecule has 0 aromatic heterocycles. The van der Waals surface area contributed by atoms with Gasteiger partial charge in [0.15, 0.2) is 0 Å². The molecule has 0 aromatic carbocycles. The van der Waals surface area contributed by atoms with E-state index in [1.165, 1.54) is 6.92 Å². The molecule has 1 aliphatic heterocycles. The van der Waals surface area contributed by atoms with Gasteiger partial charge < -0.3 is 9.47 Å². The second-order valence-corrected chi connectivity index (χ2v) is 5.59. The number of thioether (sulfide) groups is 1. The Kier molecular flexibility index (Phi) is 5.12. The van der Waals surface area contributed by atoms with Crippen LogP contribution in [0.5, 0.6) is 0 Å². The number of hydrogen-bond donors (Lipinski definition) is 0. The van der Waals surface area contributed by atoms with Crippen molar-refractivity contribution in [3.05, 3.63) is 0 Å². The first kappa shape index (κ1) is 13.8. The van der Waals surface area contributed by atoms with Crippen molar-refractivity contribution in [1.29, 1.82) is 0 Å². The summed E-state index contributed by atoms with van der Waals surface area (Å²) < 4.78 is 11.0. The van der Waals surface area contributed by atoms with Crippen molar-refractivity contribution in [3.63, 3.8) is 0 Å². The maximum atomic E-state index is 10.8. The maximum Gasteiger partial charge on any atom is 0.302 e. The molecular weight excluding hydrogens is 224 g/mol. The summed E-state index contributed by atoms with van der Waals surface area (Å²) in [6, 6.07) is 0. The van der Waals surface area contributed by atoms with Crippen molar-refractivity contribution in [2.24, 2.45) is 17.8 Å². The molecule has 2 unspecified atom stereocenters. The predicted octanol–water partition coefficient (Wildman–Crippen LogP) is 2.55. The summed E-state index contributed by atoms with van der Waals surface area (Å²) in [4.78, 5) is 10.8. The van der Waals surface area contributed by atoms with Crippen molar-refractivity contribution < 1.29 is 14.3 Å². The third-order valence-electron chi connectivity index (χ3n) is 3.67. The van der Waals surface area contributed by atoms with Crippen molar-refractivity contribution in [2.75, 3.05) is 12.9 Å². The molecule has 1 heterocycles. The van der Waals surface area contributed by atoms with E-state index in [2.05, 4.69) is 27.0 Å². The van der Waals surface area contributed by atoms with Gasteiger partial charge in [-0.3, -0.25) is 4.79 Å². The Labute approximate surface area is 102 Å². The highest BCUT2D eigenvalue weighted by atomic mass is 32.2. The van der Waals surface area contributed by atoms with Crippen molar-refractivity contribution in [3.8, 4) is 0 Å². The van der Waals surface area contributed by atoms with E-state index in [0.29, 0.717) is 24.4 Å². The third kappa shape index (κ3) is 3.14. The van der Waals surface area contributed by atoms with Crippen LogP contribution in [0.1, 0.15) is 27.7 Å². The second-order valence-electron chi connectivity index (χ2n) is 4.66. The van der Waals surface area contributed by atoms with E-state index in [0.717, 1.165) is 0 Å². The Bertz CT molecular complexity index is 242. The molecule has 0 aliphatic carbocycles. The monoisotopic (exact) mass is 246 g/mol. The quantitative estimate of drug-likeness (QED) is 0.717. The number of esters is 1. The molecule has 5 atom stereocenters. The molecule has 1 rings (SSSR count). The van der Waals surface area contributed by atoms with Gasteiger partial charge in [0.1, 0.15) is 12.0 Å². The van der Waals surface area contributed by atoms with Gasteiger partial charge in [-0.2, -0.15) is 0 Å². The van der Waals surface area contributed by atoms with Crippen LogP contribution in [0.25, 0.3) is 0 Å². The number of ether oxygens (including phenoxy) is 2. The van der Waals surface area contributed by atoms with Crippen molar-refractivity contribution >= 4 is 17.7 Å². The number of hydrogen-bond acceptors (Lipinski definition) is 4. The maximum absolute atomic E-state index is 10.8. The first-order valence-corrected chi connectivity index (χ1v) is 7.07. The second kappa shape index (κ2) is 5.92.